The number of amides is 1. The van der Waals surface area contributed by atoms with Crippen LogP contribution in [0.5, 0.6) is 0 Å². The number of rotatable bonds is 4. The standard InChI is InChI=1S/C17H30N6O2/c1-16(2,3)22-12-7-13(21-14(18)20-12)23-9-11(10-23)8-19-15(24)25-17(4,5)6/h7,11H,8-10H2,1-6H3,(H,19,24)(H3,18,20,21,22). The summed E-state index contributed by atoms with van der Waals surface area (Å²) in [6.07, 6.45) is -0.381. The third-order valence-corrected chi connectivity index (χ3v) is 3.45. The van der Waals surface area contributed by atoms with Crippen LogP contribution in [0, 0.1) is 5.92 Å². The molecule has 25 heavy (non-hydrogen) atoms. The molecule has 1 aromatic heterocycles. The second-order valence-corrected chi connectivity index (χ2v) is 8.50. The molecule has 1 aromatic rings. The van der Waals surface area contributed by atoms with Crippen LogP contribution in [0.25, 0.3) is 0 Å². The average Bonchev–Trinajstić information content (AvgIpc) is 2.31. The zero-order valence-corrected chi connectivity index (χ0v) is 16.0. The number of aromatic nitrogens is 2. The van der Waals surface area contributed by atoms with Crippen molar-refractivity contribution in [3.8, 4) is 0 Å². The highest BCUT2D eigenvalue weighted by Crippen LogP contribution is 2.26. The molecule has 1 saturated heterocycles. The van der Waals surface area contributed by atoms with E-state index in [0.29, 0.717) is 18.3 Å². The van der Waals surface area contributed by atoms with Gasteiger partial charge in [-0.3, -0.25) is 0 Å². The van der Waals surface area contributed by atoms with Crippen LogP contribution in [0.3, 0.4) is 0 Å². The van der Waals surface area contributed by atoms with Crippen molar-refractivity contribution in [2.24, 2.45) is 5.92 Å². The van der Waals surface area contributed by atoms with Gasteiger partial charge in [0.2, 0.25) is 5.95 Å². The fourth-order valence-electron chi connectivity index (χ4n) is 2.49. The second kappa shape index (κ2) is 6.93. The third kappa shape index (κ3) is 6.28. The highest BCUT2D eigenvalue weighted by molar-refractivity contribution is 5.67. The predicted octanol–water partition coefficient (Wildman–Crippen LogP) is 2.23. The molecular weight excluding hydrogens is 320 g/mol. The molecule has 2 rings (SSSR count). The average molecular weight is 350 g/mol. The fraction of sp³-hybridized carbons (Fsp3) is 0.706. The number of alkyl carbamates (subject to hydrolysis) is 1. The second-order valence-electron chi connectivity index (χ2n) is 8.50. The molecule has 0 unspecified atom stereocenters. The molecule has 2 heterocycles. The molecule has 8 nitrogen and oxygen atoms in total. The summed E-state index contributed by atoms with van der Waals surface area (Å²) in [6, 6.07) is 1.90. The van der Waals surface area contributed by atoms with Gasteiger partial charge in [-0.15, -0.1) is 0 Å². The molecule has 0 radical (unpaired) electrons. The Morgan fingerprint density at radius 3 is 2.48 bits per heavy atom. The first-order valence-corrected chi connectivity index (χ1v) is 8.56. The van der Waals surface area contributed by atoms with Gasteiger partial charge in [0.25, 0.3) is 0 Å². The van der Waals surface area contributed by atoms with Crippen molar-refractivity contribution >= 4 is 23.7 Å². The van der Waals surface area contributed by atoms with E-state index in [1.165, 1.54) is 0 Å². The lowest BCUT2D eigenvalue weighted by Gasteiger charge is -2.40. The Balaban J connectivity index is 1.85. The number of nitrogens with two attached hydrogens (primary N) is 1. The summed E-state index contributed by atoms with van der Waals surface area (Å²) in [4.78, 5) is 22.3. The molecule has 0 atom stereocenters. The van der Waals surface area contributed by atoms with Crippen molar-refractivity contribution in [2.75, 3.05) is 35.6 Å². The molecule has 8 heteroatoms. The van der Waals surface area contributed by atoms with E-state index in [0.717, 1.165) is 18.9 Å². The fourth-order valence-corrected chi connectivity index (χ4v) is 2.49. The Labute approximate surface area is 149 Å². The van der Waals surface area contributed by atoms with Gasteiger partial charge in [-0.25, -0.2) is 4.79 Å². The number of carbonyl (C=O) groups excluding carboxylic acids is 1. The van der Waals surface area contributed by atoms with Crippen LogP contribution >= 0.6 is 0 Å². The molecule has 140 valence electrons. The Bertz CT molecular complexity index is 615. The summed E-state index contributed by atoms with van der Waals surface area (Å²) in [7, 11) is 0. The highest BCUT2D eigenvalue weighted by atomic mass is 16.6. The van der Waals surface area contributed by atoms with Gasteiger partial charge in [0.15, 0.2) is 0 Å². The summed E-state index contributed by atoms with van der Waals surface area (Å²) in [5, 5.41) is 6.12. The van der Waals surface area contributed by atoms with Crippen molar-refractivity contribution in [1.29, 1.82) is 0 Å². The Morgan fingerprint density at radius 1 is 1.28 bits per heavy atom. The number of carbonyl (C=O) groups is 1. The van der Waals surface area contributed by atoms with Crippen LogP contribution < -0.4 is 21.3 Å². The van der Waals surface area contributed by atoms with E-state index in [4.69, 9.17) is 10.5 Å². The van der Waals surface area contributed by atoms with Crippen molar-refractivity contribution in [3.05, 3.63) is 6.07 Å². The van der Waals surface area contributed by atoms with Crippen LogP contribution in [0.2, 0.25) is 0 Å². The molecule has 0 bridgehead atoms. The van der Waals surface area contributed by atoms with Gasteiger partial charge in [0.1, 0.15) is 17.2 Å². The Kier molecular flexibility index (Phi) is 5.29. The first kappa shape index (κ1) is 19.1. The summed E-state index contributed by atoms with van der Waals surface area (Å²) in [6.45, 7) is 13.9. The molecular formula is C17H30N6O2. The molecule has 1 amide bonds. The quantitative estimate of drug-likeness (QED) is 0.764. The monoisotopic (exact) mass is 350 g/mol. The van der Waals surface area contributed by atoms with E-state index >= 15 is 0 Å². The third-order valence-electron chi connectivity index (χ3n) is 3.45. The number of nitrogens with zero attached hydrogens (tertiary/aromatic N) is 3. The summed E-state index contributed by atoms with van der Waals surface area (Å²) >= 11 is 0. The first-order valence-electron chi connectivity index (χ1n) is 8.56. The smallest absolute Gasteiger partial charge is 0.407 e. The minimum atomic E-state index is -0.481. The largest absolute Gasteiger partial charge is 0.444 e. The van der Waals surface area contributed by atoms with Crippen LogP contribution in [0.15, 0.2) is 6.07 Å². The van der Waals surface area contributed by atoms with Gasteiger partial charge in [-0.1, -0.05) is 0 Å². The zero-order chi connectivity index (χ0) is 18.8. The molecule has 4 N–H and O–H groups in total. The molecule has 0 aromatic carbocycles. The minimum Gasteiger partial charge on any atom is -0.444 e. The Morgan fingerprint density at radius 2 is 1.92 bits per heavy atom. The summed E-state index contributed by atoms with van der Waals surface area (Å²) in [5.41, 5.74) is 5.24. The minimum absolute atomic E-state index is 0.104. The lowest BCUT2D eigenvalue weighted by molar-refractivity contribution is 0.0516. The number of nitrogens with one attached hydrogen (secondary N) is 2. The van der Waals surface area contributed by atoms with Gasteiger partial charge < -0.3 is 26.0 Å². The van der Waals surface area contributed by atoms with E-state index in [2.05, 4.69) is 46.3 Å². The Hall–Kier alpha value is -2.25. The van der Waals surface area contributed by atoms with Crippen LogP contribution in [-0.2, 0) is 4.74 Å². The van der Waals surface area contributed by atoms with Gasteiger partial charge in [0, 0.05) is 37.2 Å². The van der Waals surface area contributed by atoms with Crippen molar-refractivity contribution in [1.82, 2.24) is 15.3 Å². The number of hydrogen-bond acceptors (Lipinski definition) is 7. The maximum atomic E-state index is 11.7. The van der Waals surface area contributed by atoms with Gasteiger partial charge >= 0.3 is 6.09 Å². The topological polar surface area (TPSA) is 105 Å². The van der Waals surface area contributed by atoms with Gasteiger partial charge in [0.05, 0.1) is 0 Å². The number of nitrogen functional groups attached to an aromatic ring is 1. The first-order chi connectivity index (χ1) is 11.4. The normalized spacial score (nSPS) is 15.5. The van der Waals surface area contributed by atoms with Crippen molar-refractivity contribution in [3.63, 3.8) is 0 Å². The molecule has 1 aliphatic rings. The highest BCUT2D eigenvalue weighted by Gasteiger charge is 2.29. The lowest BCUT2D eigenvalue weighted by Crippen LogP contribution is -2.52. The number of anilines is 3. The van der Waals surface area contributed by atoms with Crippen LogP contribution in [0.4, 0.5) is 22.4 Å². The molecule has 0 saturated carbocycles. The summed E-state index contributed by atoms with van der Waals surface area (Å²) < 4.78 is 5.24. The maximum Gasteiger partial charge on any atom is 0.407 e. The van der Waals surface area contributed by atoms with Crippen molar-refractivity contribution < 1.29 is 9.53 Å². The lowest BCUT2D eigenvalue weighted by atomic mass is 10.0. The summed E-state index contributed by atoms with van der Waals surface area (Å²) in [5.74, 6) is 2.13. The van der Waals surface area contributed by atoms with E-state index in [9.17, 15) is 4.79 Å². The van der Waals surface area contributed by atoms with E-state index in [-0.39, 0.29) is 17.6 Å². The van der Waals surface area contributed by atoms with E-state index in [1.807, 2.05) is 26.8 Å². The van der Waals surface area contributed by atoms with Crippen molar-refractivity contribution in [2.45, 2.75) is 52.7 Å². The number of hydrogen-bond donors (Lipinski definition) is 3. The van der Waals surface area contributed by atoms with E-state index in [1.54, 1.807) is 0 Å². The maximum absolute atomic E-state index is 11.7. The van der Waals surface area contributed by atoms with E-state index < -0.39 is 5.60 Å². The van der Waals surface area contributed by atoms with Gasteiger partial charge in [-0.2, -0.15) is 9.97 Å². The molecule has 1 aliphatic heterocycles. The van der Waals surface area contributed by atoms with Crippen LogP contribution in [-0.4, -0.2) is 46.8 Å². The molecule has 0 spiro atoms. The van der Waals surface area contributed by atoms with Crippen LogP contribution in [0.1, 0.15) is 41.5 Å². The number of ether oxygens (including phenoxy) is 1. The molecule has 1 fully saturated rings. The van der Waals surface area contributed by atoms with Gasteiger partial charge in [-0.05, 0) is 41.5 Å². The SMILES string of the molecule is CC(C)(C)Nc1cc(N2CC(CNC(=O)OC(C)(C)C)C2)nc(N)n1. The zero-order valence-electron chi connectivity index (χ0n) is 16.0. The molecule has 0 aliphatic carbocycles. The predicted molar refractivity (Wildman–Crippen MR) is 99.8 cm³/mol.